The molecule has 1 amide bonds. The van der Waals surface area contributed by atoms with Gasteiger partial charge in [0.2, 0.25) is 5.91 Å². The Bertz CT molecular complexity index is 886. The topological polar surface area (TPSA) is 195 Å². The van der Waals surface area contributed by atoms with Crippen LogP contribution in [0, 0.1) is 0 Å². The fraction of sp³-hybridized carbons (Fsp3) is 0.450. The summed E-state index contributed by atoms with van der Waals surface area (Å²) in [5.74, 6) is -1.88. The van der Waals surface area contributed by atoms with E-state index in [1.165, 1.54) is 0 Å². The van der Waals surface area contributed by atoms with Crippen LogP contribution in [0.25, 0.3) is 10.9 Å². The number of methoxy groups -OCH3 is 1. The molecule has 3 unspecified atom stereocenters. The molecular weight excluding hydrogens is 442 g/mol. The minimum atomic E-state index is -2.27. The number of aliphatic hydroxyl groups is 2. The summed E-state index contributed by atoms with van der Waals surface area (Å²) in [6, 6.07) is 5.51. The number of carboxylic acid groups (broad SMARTS) is 2. The van der Waals surface area contributed by atoms with Crippen LogP contribution < -0.4 is 15.8 Å². The Kier molecular flexibility index (Phi) is 11.6. The Hall–Kier alpha value is -2.80. The zero-order valence-electron chi connectivity index (χ0n) is 17.8. The highest BCUT2D eigenvalue weighted by molar-refractivity contribution is 7.98. The molecule has 12 heteroatoms. The first-order chi connectivity index (χ1) is 15.1. The average molecular weight is 472 g/mol. The maximum Gasteiger partial charge on any atom is 0.335 e. The molecule has 0 radical (unpaired) electrons. The van der Waals surface area contributed by atoms with Crippen molar-refractivity contribution < 1.29 is 39.5 Å². The summed E-state index contributed by atoms with van der Waals surface area (Å²) in [6.45, 7) is 0.579. The number of fused-ring (bicyclic) bond motifs is 1. The first-order valence-electron chi connectivity index (χ1n) is 9.60. The number of ether oxygens (including phenoxy) is 1. The van der Waals surface area contributed by atoms with Gasteiger partial charge in [-0.25, -0.2) is 9.59 Å². The fourth-order valence-electron chi connectivity index (χ4n) is 2.59. The molecule has 2 aromatic rings. The Balaban J connectivity index is 0.000000433. The standard InChI is InChI=1S/C16H23N3O2S.C4H6O6/c1-21-12-3-4-15-13(9-12)11(10-19-15)5-7-18-16(20)14(17)6-8-22-2;5-1(3(7)8)2(6)4(9)10/h3-4,9-10,14,19H,5-8,17H2,1-2H3,(H,18,20);1-2,5-6H,(H,7,8)(H,9,10). The SMILES string of the molecule is COc1ccc2[nH]cc(CCNC(=O)C(N)CCSC)c2c1.O=C(O)C(O)C(O)C(=O)O. The number of aromatic amines is 1. The van der Waals surface area contributed by atoms with Gasteiger partial charge < -0.3 is 41.2 Å². The van der Waals surface area contributed by atoms with Crippen LogP contribution >= 0.6 is 11.8 Å². The predicted molar refractivity (Wildman–Crippen MR) is 120 cm³/mol. The van der Waals surface area contributed by atoms with Gasteiger partial charge >= 0.3 is 11.9 Å². The molecule has 0 spiro atoms. The summed E-state index contributed by atoms with van der Waals surface area (Å²) in [7, 11) is 1.66. The van der Waals surface area contributed by atoms with Gasteiger partial charge in [0.15, 0.2) is 12.2 Å². The molecule has 1 aromatic heterocycles. The van der Waals surface area contributed by atoms with Crippen LogP contribution in [-0.2, 0) is 20.8 Å². The van der Waals surface area contributed by atoms with Crippen LogP contribution in [0.4, 0.5) is 0 Å². The molecule has 32 heavy (non-hydrogen) atoms. The van der Waals surface area contributed by atoms with Crippen LogP contribution in [0.3, 0.4) is 0 Å². The monoisotopic (exact) mass is 471 g/mol. The van der Waals surface area contributed by atoms with E-state index in [4.69, 9.17) is 30.9 Å². The number of aliphatic hydroxyl groups excluding tert-OH is 2. The van der Waals surface area contributed by atoms with Gasteiger partial charge in [-0.2, -0.15) is 11.8 Å². The smallest absolute Gasteiger partial charge is 0.335 e. The quantitative estimate of drug-likeness (QED) is 0.230. The zero-order valence-corrected chi connectivity index (χ0v) is 18.6. The zero-order chi connectivity index (χ0) is 24.3. The summed E-state index contributed by atoms with van der Waals surface area (Å²) >= 11 is 1.70. The molecule has 1 heterocycles. The van der Waals surface area contributed by atoms with E-state index in [-0.39, 0.29) is 5.91 Å². The Morgan fingerprint density at radius 1 is 1.19 bits per heavy atom. The second kappa shape index (κ2) is 13.6. The molecule has 0 aliphatic heterocycles. The molecule has 0 bridgehead atoms. The van der Waals surface area contributed by atoms with Crippen molar-refractivity contribution in [1.82, 2.24) is 10.3 Å². The van der Waals surface area contributed by atoms with Crippen LogP contribution in [0.2, 0.25) is 0 Å². The Morgan fingerprint density at radius 2 is 1.81 bits per heavy atom. The number of nitrogens with two attached hydrogens (primary N) is 1. The average Bonchev–Trinajstić information content (AvgIpc) is 3.18. The number of carbonyl (C=O) groups is 3. The van der Waals surface area contributed by atoms with Crippen molar-refractivity contribution in [1.29, 1.82) is 0 Å². The number of rotatable bonds is 11. The number of carbonyl (C=O) groups excluding carboxylic acids is 1. The van der Waals surface area contributed by atoms with E-state index in [0.29, 0.717) is 13.0 Å². The summed E-state index contributed by atoms with van der Waals surface area (Å²) in [6.07, 6.45) is 0.917. The minimum absolute atomic E-state index is 0.0773. The maximum absolute atomic E-state index is 11.9. The molecule has 0 aliphatic rings. The molecule has 11 nitrogen and oxygen atoms in total. The third kappa shape index (κ3) is 8.38. The van der Waals surface area contributed by atoms with Gasteiger partial charge in [-0.1, -0.05) is 0 Å². The lowest BCUT2D eigenvalue weighted by atomic mass is 10.1. The number of nitrogens with one attached hydrogen (secondary N) is 2. The lowest BCUT2D eigenvalue weighted by molar-refractivity contribution is -0.165. The summed E-state index contributed by atoms with van der Waals surface area (Å²) < 4.78 is 5.26. The van der Waals surface area contributed by atoms with E-state index >= 15 is 0 Å². The molecule has 0 aliphatic carbocycles. The highest BCUT2D eigenvalue weighted by atomic mass is 32.2. The molecule has 178 valence electrons. The van der Waals surface area contributed by atoms with Gasteiger partial charge in [0.1, 0.15) is 5.75 Å². The van der Waals surface area contributed by atoms with Gasteiger partial charge in [-0.3, -0.25) is 4.79 Å². The molecule has 0 fully saturated rings. The highest BCUT2D eigenvalue weighted by Crippen LogP contribution is 2.23. The molecule has 3 atom stereocenters. The van der Waals surface area contributed by atoms with E-state index in [1.54, 1.807) is 18.9 Å². The van der Waals surface area contributed by atoms with Crippen LogP contribution in [-0.4, -0.2) is 87.2 Å². The lowest BCUT2D eigenvalue weighted by Gasteiger charge is -2.11. The first-order valence-corrected chi connectivity index (χ1v) is 11.0. The summed E-state index contributed by atoms with van der Waals surface area (Å²) in [5, 5.41) is 36.6. The lowest BCUT2D eigenvalue weighted by Crippen LogP contribution is -2.41. The van der Waals surface area contributed by atoms with E-state index in [0.717, 1.165) is 34.4 Å². The van der Waals surface area contributed by atoms with E-state index in [9.17, 15) is 14.4 Å². The number of aromatic nitrogens is 1. The van der Waals surface area contributed by atoms with Gasteiger partial charge in [-0.05, 0) is 48.6 Å². The fourth-order valence-corrected chi connectivity index (χ4v) is 3.08. The molecule has 0 saturated carbocycles. The number of carboxylic acids is 2. The third-order valence-corrected chi connectivity index (χ3v) is 5.09. The number of aliphatic carboxylic acids is 2. The second-order valence-electron chi connectivity index (χ2n) is 6.72. The van der Waals surface area contributed by atoms with Crippen molar-refractivity contribution in [2.24, 2.45) is 5.73 Å². The highest BCUT2D eigenvalue weighted by Gasteiger charge is 2.29. The van der Waals surface area contributed by atoms with Gasteiger partial charge in [0.25, 0.3) is 0 Å². The number of thioether (sulfide) groups is 1. The Morgan fingerprint density at radius 3 is 2.34 bits per heavy atom. The molecule has 1 aromatic carbocycles. The van der Waals surface area contributed by atoms with Gasteiger partial charge in [0.05, 0.1) is 13.2 Å². The van der Waals surface area contributed by atoms with Crippen LogP contribution in [0.5, 0.6) is 5.75 Å². The number of benzene rings is 1. The number of hydrogen-bond donors (Lipinski definition) is 7. The van der Waals surface area contributed by atoms with Crippen LogP contribution in [0.1, 0.15) is 12.0 Å². The molecule has 0 saturated heterocycles. The molecule has 2 rings (SSSR count). The number of hydrogen-bond acceptors (Lipinski definition) is 8. The van der Waals surface area contributed by atoms with E-state index in [1.807, 2.05) is 30.7 Å². The summed E-state index contributed by atoms with van der Waals surface area (Å²) in [5.41, 5.74) is 8.07. The van der Waals surface area contributed by atoms with Crippen LogP contribution in [0.15, 0.2) is 24.4 Å². The minimum Gasteiger partial charge on any atom is -0.497 e. The van der Waals surface area contributed by atoms with Crippen molar-refractivity contribution in [3.8, 4) is 5.75 Å². The van der Waals surface area contributed by atoms with E-state index in [2.05, 4.69) is 10.3 Å². The summed E-state index contributed by atoms with van der Waals surface area (Å²) in [4.78, 5) is 34.6. The first kappa shape index (κ1) is 27.2. The van der Waals surface area contributed by atoms with Crippen molar-refractivity contribution in [3.05, 3.63) is 30.0 Å². The molecule has 8 N–H and O–H groups in total. The maximum atomic E-state index is 11.9. The Labute approximate surface area is 188 Å². The van der Waals surface area contributed by atoms with Gasteiger partial charge in [0, 0.05) is 23.6 Å². The second-order valence-corrected chi connectivity index (χ2v) is 7.71. The van der Waals surface area contributed by atoms with Crippen molar-refractivity contribution >= 4 is 40.5 Å². The normalized spacial score (nSPS) is 13.4. The van der Waals surface area contributed by atoms with Crippen molar-refractivity contribution in [2.75, 3.05) is 25.7 Å². The predicted octanol–water partition coefficient (Wildman–Crippen LogP) is -0.207. The number of H-pyrrole nitrogens is 1. The molecular formula is C20H29N3O8S. The number of amides is 1. The van der Waals surface area contributed by atoms with Gasteiger partial charge in [-0.15, -0.1) is 0 Å². The third-order valence-electron chi connectivity index (χ3n) is 4.44. The van der Waals surface area contributed by atoms with E-state index < -0.39 is 30.2 Å². The van der Waals surface area contributed by atoms with Crippen molar-refractivity contribution in [3.63, 3.8) is 0 Å². The largest absolute Gasteiger partial charge is 0.497 e. The van der Waals surface area contributed by atoms with Crippen molar-refractivity contribution in [2.45, 2.75) is 31.1 Å².